The van der Waals surface area contributed by atoms with Gasteiger partial charge in [-0.05, 0) is 17.6 Å². The zero-order chi connectivity index (χ0) is 12.3. The van der Waals surface area contributed by atoms with Crippen LogP contribution >= 0.6 is 11.5 Å². The lowest BCUT2D eigenvalue weighted by molar-refractivity contribution is 0.349. The van der Waals surface area contributed by atoms with E-state index < -0.39 is 0 Å². The Balaban J connectivity index is 2.58. The first-order valence-electron chi connectivity index (χ1n) is 4.87. The van der Waals surface area contributed by atoms with Crippen molar-refractivity contribution in [1.82, 2.24) is 9.59 Å². The van der Waals surface area contributed by atoms with E-state index in [0.29, 0.717) is 17.2 Å². The van der Waals surface area contributed by atoms with Gasteiger partial charge in [0.15, 0.2) is 11.5 Å². The van der Waals surface area contributed by atoms with Crippen LogP contribution in [0, 0.1) is 0 Å². The average molecular weight is 252 g/mol. The SMILES string of the molecule is COc1cc(OC)c(-c2csnn2)cc1OC. The van der Waals surface area contributed by atoms with E-state index in [-0.39, 0.29) is 0 Å². The first kappa shape index (κ1) is 11.7. The lowest BCUT2D eigenvalue weighted by Crippen LogP contribution is -1.95. The fraction of sp³-hybridized carbons (Fsp3) is 0.273. The summed E-state index contributed by atoms with van der Waals surface area (Å²) < 4.78 is 19.6. The number of hydrogen-bond acceptors (Lipinski definition) is 6. The number of ether oxygens (including phenoxy) is 3. The van der Waals surface area contributed by atoms with E-state index in [9.17, 15) is 0 Å². The molecule has 0 bridgehead atoms. The molecule has 0 saturated carbocycles. The zero-order valence-corrected chi connectivity index (χ0v) is 10.6. The fourth-order valence-electron chi connectivity index (χ4n) is 1.51. The summed E-state index contributed by atoms with van der Waals surface area (Å²) in [6.45, 7) is 0. The predicted molar refractivity (Wildman–Crippen MR) is 65.0 cm³/mol. The molecule has 90 valence electrons. The van der Waals surface area contributed by atoms with Crippen molar-refractivity contribution in [2.24, 2.45) is 0 Å². The molecular weight excluding hydrogens is 240 g/mol. The lowest BCUT2D eigenvalue weighted by Gasteiger charge is -2.12. The highest BCUT2D eigenvalue weighted by molar-refractivity contribution is 7.03. The molecule has 0 saturated heterocycles. The molecule has 0 N–H and O–H groups in total. The molecule has 0 aliphatic rings. The summed E-state index contributed by atoms with van der Waals surface area (Å²) in [4.78, 5) is 0. The van der Waals surface area contributed by atoms with E-state index in [0.717, 1.165) is 11.3 Å². The molecule has 0 aliphatic carbocycles. The van der Waals surface area contributed by atoms with Gasteiger partial charge in [-0.2, -0.15) is 0 Å². The molecule has 0 radical (unpaired) electrons. The Morgan fingerprint density at radius 1 is 0.941 bits per heavy atom. The molecule has 5 nitrogen and oxygen atoms in total. The quantitative estimate of drug-likeness (QED) is 0.835. The molecule has 0 aliphatic heterocycles. The summed E-state index contributed by atoms with van der Waals surface area (Å²) in [5.41, 5.74) is 1.59. The molecule has 0 fully saturated rings. The fourth-order valence-corrected chi connectivity index (χ4v) is 1.97. The molecule has 1 heterocycles. The molecule has 0 unspecified atom stereocenters. The van der Waals surface area contributed by atoms with Gasteiger partial charge in [0, 0.05) is 17.0 Å². The van der Waals surface area contributed by atoms with E-state index >= 15 is 0 Å². The number of benzene rings is 1. The van der Waals surface area contributed by atoms with Gasteiger partial charge in [0.05, 0.1) is 21.3 Å². The van der Waals surface area contributed by atoms with Gasteiger partial charge in [0.2, 0.25) is 0 Å². The minimum Gasteiger partial charge on any atom is -0.496 e. The second-order valence-electron chi connectivity index (χ2n) is 3.20. The minimum absolute atomic E-state index is 0.622. The van der Waals surface area contributed by atoms with Crippen molar-refractivity contribution in [2.45, 2.75) is 0 Å². The van der Waals surface area contributed by atoms with Crippen LogP contribution in [0.15, 0.2) is 17.5 Å². The van der Waals surface area contributed by atoms with Crippen molar-refractivity contribution in [3.8, 4) is 28.5 Å². The highest BCUT2D eigenvalue weighted by Crippen LogP contribution is 2.39. The van der Waals surface area contributed by atoms with Gasteiger partial charge in [0.1, 0.15) is 11.4 Å². The summed E-state index contributed by atoms with van der Waals surface area (Å²) in [5, 5.41) is 5.87. The van der Waals surface area contributed by atoms with Gasteiger partial charge in [-0.15, -0.1) is 5.10 Å². The maximum Gasteiger partial charge on any atom is 0.164 e. The number of nitrogens with zero attached hydrogens (tertiary/aromatic N) is 2. The topological polar surface area (TPSA) is 53.5 Å². The normalized spacial score (nSPS) is 10.1. The predicted octanol–water partition coefficient (Wildman–Crippen LogP) is 2.23. The van der Waals surface area contributed by atoms with E-state index in [4.69, 9.17) is 14.2 Å². The van der Waals surface area contributed by atoms with Gasteiger partial charge in [0.25, 0.3) is 0 Å². The van der Waals surface area contributed by atoms with Gasteiger partial charge in [-0.3, -0.25) is 0 Å². The molecule has 1 aromatic carbocycles. The molecule has 2 rings (SSSR count). The van der Waals surface area contributed by atoms with Crippen LogP contribution in [0.2, 0.25) is 0 Å². The van der Waals surface area contributed by atoms with Gasteiger partial charge >= 0.3 is 0 Å². The second-order valence-corrected chi connectivity index (χ2v) is 3.81. The molecule has 0 spiro atoms. The van der Waals surface area contributed by atoms with Crippen molar-refractivity contribution in [1.29, 1.82) is 0 Å². The molecule has 2 aromatic rings. The second kappa shape index (κ2) is 5.01. The maximum absolute atomic E-state index is 5.31. The summed E-state index contributed by atoms with van der Waals surface area (Å²) in [5.74, 6) is 1.93. The average Bonchev–Trinajstić information content (AvgIpc) is 2.90. The van der Waals surface area contributed by atoms with Crippen LogP contribution in [0.5, 0.6) is 17.2 Å². The van der Waals surface area contributed by atoms with Crippen LogP contribution < -0.4 is 14.2 Å². The first-order chi connectivity index (χ1) is 8.30. The Labute approximate surface area is 103 Å². The van der Waals surface area contributed by atoms with E-state index in [1.165, 1.54) is 11.5 Å². The Bertz CT molecular complexity index is 500. The third-order valence-corrected chi connectivity index (χ3v) is 2.85. The Morgan fingerprint density at radius 3 is 2.12 bits per heavy atom. The van der Waals surface area contributed by atoms with Crippen LogP contribution in [-0.2, 0) is 0 Å². The smallest absolute Gasteiger partial charge is 0.164 e. The number of aromatic nitrogens is 2. The third-order valence-electron chi connectivity index (χ3n) is 2.34. The summed E-state index contributed by atoms with van der Waals surface area (Å²) >= 11 is 1.29. The van der Waals surface area contributed by atoms with Crippen molar-refractivity contribution in [3.05, 3.63) is 17.5 Å². The van der Waals surface area contributed by atoms with E-state index in [2.05, 4.69) is 9.59 Å². The summed E-state index contributed by atoms with van der Waals surface area (Å²) in [6, 6.07) is 3.60. The first-order valence-corrected chi connectivity index (χ1v) is 5.71. The monoisotopic (exact) mass is 252 g/mol. The zero-order valence-electron chi connectivity index (χ0n) is 9.76. The largest absolute Gasteiger partial charge is 0.496 e. The van der Waals surface area contributed by atoms with Crippen molar-refractivity contribution < 1.29 is 14.2 Å². The Hall–Kier alpha value is -1.82. The summed E-state index contributed by atoms with van der Waals surface area (Å²) in [7, 11) is 4.78. The minimum atomic E-state index is 0.622. The Kier molecular flexibility index (Phi) is 3.43. The third kappa shape index (κ3) is 2.16. The molecule has 0 atom stereocenters. The van der Waals surface area contributed by atoms with E-state index in [1.807, 2.05) is 11.4 Å². The lowest BCUT2D eigenvalue weighted by atomic mass is 10.1. The molecule has 6 heteroatoms. The number of methoxy groups -OCH3 is 3. The van der Waals surface area contributed by atoms with Crippen LogP contribution in [0.25, 0.3) is 11.3 Å². The van der Waals surface area contributed by atoms with E-state index in [1.54, 1.807) is 27.4 Å². The van der Waals surface area contributed by atoms with Crippen molar-refractivity contribution in [2.75, 3.05) is 21.3 Å². The Morgan fingerprint density at radius 2 is 1.59 bits per heavy atom. The van der Waals surface area contributed by atoms with Gasteiger partial charge in [-0.25, -0.2) is 0 Å². The van der Waals surface area contributed by atoms with Crippen LogP contribution in [-0.4, -0.2) is 30.9 Å². The van der Waals surface area contributed by atoms with Crippen LogP contribution in [0.1, 0.15) is 0 Å². The highest BCUT2D eigenvalue weighted by atomic mass is 32.1. The van der Waals surface area contributed by atoms with Crippen molar-refractivity contribution >= 4 is 11.5 Å². The van der Waals surface area contributed by atoms with Crippen LogP contribution in [0.3, 0.4) is 0 Å². The number of hydrogen-bond donors (Lipinski definition) is 0. The highest BCUT2D eigenvalue weighted by Gasteiger charge is 2.14. The molecule has 0 amide bonds. The molecule has 17 heavy (non-hydrogen) atoms. The van der Waals surface area contributed by atoms with Gasteiger partial charge in [-0.1, -0.05) is 4.49 Å². The summed E-state index contributed by atoms with van der Waals surface area (Å²) in [6.07, 6.45) is 0. The van der Waals surface area contributed by atoms with Crippen LogP contribution in [0.4, 0.5) is 0 Å². The molecular formula is C11H12N2O3S. The number of rotatable bonds is 4. The van der Waals surface area contributed by atoms with Crippen molar-refractivity contribution in [3.63, 3.8) is 0 Å². The standard InChI is InChI=1S/C11H12N2O3S/c1-14-9-5-11(16-3)10(15-2)4-7(9)8-6-17-13-12-8/h4-6H,1-3H3. The maximum atomic E-state index is 5.31. The molecule has 1 aromatic heterocycles. The van der Waals surface area contributed by atoms with Gasteiger partial charge < -0.3 is 14.2 Å².